The minimum atomic E-state index is -0.748. The van der Waals surface area contributed by atoms with Gasteiger partial charge < -0.3 is 16.0 Å². The van der Waals surface area contributed by atoms with E-state index in [0.29, 0.717) is 18.7 Å². The molecule has 0 saturated carbocycles. The van der Waals surface area contributed by atoms with E-state index in [1.165, 1.54) is 0 Å². The molecule has 0 fully saturated rings. The molecule has 3 N–H and O–H groups in total. The molecule has 3 amide bonds. The molecule has 2 rings (SSSR count). The molecule has 0 aliphatic carbocycles. The molecule has 0 radical (unpaired) electrons. The molecule has 0 aliphatic heterocycles. The van der Waals surface area contributed by atoms with E-state index in [0.717, 1.165) is 11.1 Å². The van der Waals surface area contributed by atoms with Gasteiger partial charge >= 0.3 is 0 Å². The van der Waals surface area contributed by atoms with Crippen molar-refractivity contribution < 1.29 is 14.4 Å². The summed E-state index contributed by atoms with van der Waals surface area (Å²) in [5.74, 6) is -0.349. The first kappa shape index (κ1) is 23.1. The molecule has 6 nitrogen and oxygen atoms in total. The first-order valence-electron chi connectivity index (χ1n) is 10.3. The van der Waals surface area contributed by atoms with Crippen LogP contribution in [0.25, 0.3) is 0 Å². The highest BCUT2D eigenvalue weighted by Crippen LogP contribution is 2.15. The molecule has 0 bridgehead atoms. The molecule has 30 heavy (non-hydrogen) atoms. The SMILES string of the molecule is CC(C)CC(=O)NC(C(=O)NCc1ccc(NC(=O)C(C)C)cc1)c1ccccc1. The predicted octanol–water partition coefficient (Wildman–Crippen LogP) is 3.80. The van der Waals surface area contributed by atoms with Gasteiger partial charge in [-0.15, -0.1) is 0 Å². The normalized spacial score (nSPS) is 11.8. The molecular formula is C24H31N3O3. The Morgan fingerprint density at radius 1 is 0.833 bits per heavy atom. The quantitative estimate of drug-likeness (QED) is 0.589. The largest absolute Gasteiger partial charge is 0.350 e. The first-order chi connectivity index (χ1) is 14.3. The Kier molecular flexibility index (Phi) is 8.59. The van der Waals surface area contributed by atoms with Crippen LogP contribution in [0.1, 0.15) is 51.3 Å². The number of rotatable bonds is 9. The van der Waals surface area contributed by atoms with E-state index in [1.54, 1.807) is 12.1 Å². The van der Waals surface area contributed by atoms with Crippen molar-refractivity contribution in [3.05, 3.63) is 65.7 Å². The highest BCUT2D eigenvalue weighted by molar-refractivity contribution is 5.92. The number of carbonyl (C=O) groups is 3. The maximum atomic E-state index is 12.8. The van der Waals surface area contributed by atoms with Gasteiger partial charge in [0.05, 0.1) is 0 Å². The van der Waals surface area contributed by atoms with Crippen molar-refractivity contribution in [1.82, 2.24) is 10.6 Å². The Morgan fingerprint density at radius 3 is 2.03 bits per heavy atom. The highest BCUT2D eigenvalue weighted by atomic mass is 16.2. The van der Waals surface area contributed by atoms with Gasteiger partial charge in [0.2, 0.25) is 17.7 Å². The van der Waals surface area contributed by atoms with Gasteiger partial charge in [0.15, 0.2) is 0 Å². The van der Waals surface area contributed by atoms with Crippen LogP contribution >= 0.6 is 0 Å². The summed E-state index contributed by atoms with van der Waals surface area (Å²) in [6, 6.07) is 15.8. The first-order valence-corrected chi connectivity index (χ1v) is 10.3. The van der Waals surface area contributed by atoms with Gasteiger partial charge in [0.25, 0.3) is 0 Å². The van der Waals surface area contributed by atoms with Crippen molar-refractivity contribution in [1.29, 1.82) is 0 Å². The minimum absolute atomic E-state index is 0.0427. The third kappa shape index (κ3) is 7.35. The maximum absolute atomic E-state index is 12.8. The zero-order valence-corrected chi connectivity index (χ0v) is 18.1. The molecule has 0 spiro atoms. The molecule has 2 aromatic carbocycles. The van der Waals surface area contributed by atoms with Gasteiger partial charge in [-0.25, -0.2) is 0 Å². The Hall–Kier alpha value is -3.15. The van der Waals surface area contributed by atoms with Crippen molar-refractivity contribution >= 4 is 23.4 Å². The maximum Gasteiger partial charge on any atom is 0.247 e. The molecule has 1 unspecified atom stereocenters. The summed E-state index contributed by atoms with van der Waals surface area (Å²) in [4.78, 5) is 36.9. The van der Waals surface area contributed by atoms with E-state index in [1.807, 2.05) is 70.2 Å². The van der Waals surface area contributed by atoms with Gasteiger partial charge in [0, 0.05) is 24.6 Å². The predicted molar refractivity (Wildman–Crippen MR) is 119 cm³/mol. The van der Waals surface area contributed by atoms with Gasteiger partial charge in [-0.3, -0.25) is 14.4 Å². The van der Waals surface area contributed by atoms with E-state index >= 15 is 0 Å². The molecule has 160 valence electrons. The van der Waals surface area contributed by atoms with Crippen LogP contribution in [0, 0.1) is 11.8 Å². The number of nitrogens with one attached hydrogen (secondary N) is 3. The van der Waals surface area contributed by atoms with Gasteiger partial charge in [-0.1, -0.05) is 70.2 Å². The molecule has 0 heterocycles. The van der Waals surface area contributed by atoms with Gasteiger partial charge in [-0.05, 0) is 29.2 Å². The molecule has 0 saturated heterocycles. The van der Waals surface area contributed by atoms with E-state index in [4.69, 9.17) is 0 Å². The lowest BCUT2D eigenvalue weighted by atomic mass is 10.0. The number of benzene rings is 2. The minimum Gasteiger partial charge on any atom is -0.350 e. The highest BCUT2D eigenvalue weighted by Gasteiger charge is 2.22. The van der Waals surface area contributed by atoms with E-state index in [2.05, 4.69) is 16.0 Å². The van der Waals surface area contributed by atoms with Crippen molar-refractivity contribution in [2.45, 2.75) is 46.7 Å². The van der Waals surface area contributed by atoms with E-state index in [-0.39, 0.29) is 29.6 Å². The lowest BCUT2D eigenvalue weighted by molar-refractivity contribution is -0.129. The summed E-state index contributed by atoms with van der Waals surface area (Å²) >= 11 is 0. The average Bonchev–Trinajstić information content (AvgIpc) is 2.71. The fraction of sp³-hybridized carbons (Fsp3) is 0.375. The van der Waals surface area contributed by atoms with Crippen LogP contribution in [0.3, 0.4) is 0 Å². The van der Waals surface area contributed by atoms with Crippen LogP contribution in [0.4, 0.5) is 5.69 Å². The molecule has 0 aliphatic rings. The van der Waals surface area contributed by atoms with Crippen molar-refractivity contribution in [3.8, 4) is 0 Å². The number of carbonyl (C=O) groups excluding carboxylic acids is 3. The fourth-order valence-corrected chi connectivity index (χ4v) is 2.82. The number of hydrogen-bond acceptors (Lipinski definition) is 3. The van der Waals surface area contributed by atoms with Crippen LogP contribution < -0.4 is 16.0 Å². The molecule has 0 aromatic heterocycles. The smallest absolute Gasteiger partial charge is 0.247 e. The topological polar surface area (TPSA) is 87.3 Å². The zero-order chi connectivity index (χ0) is 22.1. The summed E-state index contributed by atoms with van der Waals surface area (Å²) in [6.45, 7) is 7.92. The summed E-state index contributed by atoms with van der Waals surface area (Å²) < 4.78 is 0. The Morgan fingerprint density at radius 2 is 1.47 bits per heavy atom. The van der Waals surface area contributed by atoms with Gasteiger partial charge in [0.1, 0.15) is 6.04 Å². The summed E-state index contributed by atoms with van der Waals surface area (Å²) in [5.41, 5.74) is 2.34. The summed E-state index contributed by atoms with van der Waals surface area (Å²) in [7, 11) is 0. The van der Waals surface area contributed by atoms with Crippen LogP contribution in [-0.4, -0.2) is 17.7 Å². The Bertz CT molecular complexity index is 846. The third-order valence-electron chi connectivity index (χ3n) is 4.51. The van der Waals surface area contributed by atoms with Crippen molar-refractivity contribution in [3.63, 3.8) is 0 Å². The van der Waals surface area contributed by atoms with E-state index in [9.17, 15) is 14.4 Å². The van der Waals surface area contributed by atoms with Crippen molar-refractivity contribution in [2.75, 3.05) is 5.32 Å². The van der Waals surface area contributed by atoms with Crippen LogP contribution in [-0.2, 0) is 20.9 Å². The molecule has 6 heteroatoms. The van der Waals surface area contributed by atoms with Crippen molar-refractivity contribution in [2.24, 2.45) is 11.8 Å². The second-order valence-electron chi connectivity index (χ2n) is 8.07. The monoisotopic (exact) mass is 409 g/mol. The number of hydrogen-bond donors (Lipinski definition) is 3. The number of amides is 3. The summed E-state index contributed by atoms with van der Waals surface area (Å²) in [6.07, 6.45) is 0.361. The van der Waals surface area contributed by atoms with Gasteiger partial charge in [-0.2, -0.15) is 0 Å². The average molecular weight is 410 g/mol. The zero-order valence-electron chi connectivity index (χ0n) is 18.1. The molecule has 2 aromatic rings. The van der Waals surface area contributed by atoms with E-state index < -0.39 is 6.04 Å². The summed E-state index contributed by atoms with van der Waals surface area (Å²) in [5, 5.41) is 8.57. The molecular weight excluding hydrogens is 378 g/mol. The second kappa shape index (κ2) is 11.1. The lowest BCUT2D eigenvalue weighted by Crippen LogP contribution is -2.40. The molecule has 1 atom stereocenters. The third-order valence-corrected chi connectivity index (χ3v) is 4.51. The Balaban J connectivity index is 2.01. The van der Waals surface area contributed by atoms with Crippen LogP contribution in [0.5, 0.6) is 0 Å². The van der Waals surface area contributed by atoms with Crippen LogP contribution in [0.2, 0.25) is 0 Å². The Labute approximate surface area is 178 Å². The standard InChI is InChI=1S/C24H31N3O3/c1-16(2)14-21(28)27-22(19-8-6-5-7-9-19)24(30)25-15-18-10-12-20(13-11-18)26-23(29)17(3)4/h5-13,16-17,22H,14-15H2,1-4H3,(H,25,30)(H,26,29)(H,27,28). The lowest BCUT2D eigenvalue weighted by Gasteiger charge is -2.19. The fourth-order valence-electron chi connectivity index (χ4n) is 2.82. The second-order valence-corrected chi connectivity index (χ2v) is 8.07. The van der Waals surface area contributed by atoms with Crippen LogP contribution in [0.15, 0.2) is 54.6 Å². The number of anilines is 1.